The van der Waals surface area contributed by atoms with E-state index in [-0.39, 0.29) is 6.04 Å². The normalized spacial score (nSPS) is 23.6. The number of piperazine rings is 1. The number of fused-ring (bicyclic) bond motifs is 1. The zero-order valence-corrected chi connectivity index (χ0v) is 17.1. The van der Waals surface area contributed by atoms with Crippen LogP contribution in [0.2, 0.25) is 0 Å². The fourth-order valence-electron chi connectivity index (χ4n) is 4.02. The number of nitrogens with one attached hydrogen (secondary N) is 1. The van der Waals surface area contributed by atoms with Gasteiger partial charge in [0.05, 0.1) is 19.9 Å². The molecule has 0 radical (unpaired) electrons. The van der Waals surface area contributed by atoms with Crippen molar-refractivity contribution >= 4 is 11.9 Å². The van der Waals surface area contributed by atoms with Crippen LogP contribution in [-0.4, -0.2) is 62.0 Å². The molecule has 6 heteroatoms. The lowest BCUT2D eigenvalue weighted by atomic mass is 9.96. The first kappa shape index (κ1) is 19.3. The number of nitrogens with zero attached hydrogens (tertiary/aromatic N) is 2. The molecule has 1 aromatic rings. The predicted octanol–water partition coefficient (Wildman–Crippen LogP) is 2.56. The van der Waals surface area contributed by atoms with Gasteiger partial charge in [-0.1, -0.05) is 6.07 Å². The summed E-state index contributed by atoms with van der Waals surface area (Å²) < 4.78 is 10.8. The van der Waals surface area contributed by atoms with E-state index in [0.29, 0.717) is 17.5 Å². The van der Waals surface area contributed by atoms with Crippen LogP contribution in [0.1, 0.15) is 12.5 Å². The van der Waals surface area contributed by atoms with Gasteiger partial charge in [0.25, 0.3) is 0 Å². The Balaban J connectivity index is 1.63. The first-order chi connectivity index (χ1) is 14.1. The molecule has 1 N–H and O–H groups in total. The number of hydrogen-bond donors (Lipinski definition) is 1. The van der Waals surface area contributed by atoms with Crippen LogP contribution in [-0.2, 0) is 4.79 Å². The molecule has 1 fully saturated rings. The highest BCUT2D eigenvalue weighted by molar-refractivity contribution is 5.82. The number of carbonyl (C=O) groups is 1. The number of ether oxygens (including phenoxy) is 2. The quantitative estimate of drug-likeness (QED) is 0.776. The van der Waals surface area contributed by atoms with Gasteiger partial charge in [0.1, 0.15) is 12.3 Å². The summed E-state index contributed by atoms with van der Waals surface area (Å²) in [7, 11) is 3.24. The predicted molar refractivity (Wildman–Crippen MR) is 114 cm³/mol. The number of allylic oxidation sites excluding steroid dienone is 4. The van der Waals surface area contributed by atoms with Crippen LogP contribution in [0.25, 0.3) is 5.57 Å². The van der Waals surface area contributed by atoms with Crippen LogP contribution in [0, 0.1) is 0 Å². The molecule has 3 aliphatic heterocycles. The van der Waals surface area contributed by atoms with E-state index in [9.17, 15) is 4.79 Å². The van der Waals surface area contributed by atoms with E-state index < -0.39 is 0 Å². The standard InChI is InChI=1S/C23H27N3O3/c1-16-13-25(9-8-24-16)20-6-5-19-10-18(11-21(15-27)26(19)14-20)17-4-7-22(28-2)23(12-17)29-3/h4-7,10-12,14-16,21,24H,8-9,13H2,1-3H3/t16-,21?/m0/s1. The summed E-state index contributed by atoms with van der Waals surface area (Å²) in [6, 6.07) is 5.91. The maximum Gasteiger partial charge on any atom is 0.161 e. The molecule has 3 aliphatic rings. The van der Waals surface area contributed by atoms with Crippen molar-refractivity contribution in [3.05, 3.63) is 65.7 Å². The fourth-order valence-corrected chi connectivity index (χ4v) is 4.02. The van der Waals surface area contributed by atoms with Crippen molar-refractivity contribution in [1.29, 1.82) is 0 Å². The van der Waals surface area contributed by atoms with E-state index in [2.05, 4.69) is 41.6 Å². The van der Waals surface area contributed by atoms with Gasteiger partial charge >= 0.3 is 0 Å². The SMILES string of the molecule is COc1ccc(C2=CC(C=O)N3C=C(N4CCN[C@@H](C)C4)C=CC3=C2)cc1OC. The van der Waals surface area contributed by atoms with Crippen LogP contribution in [0.4, 0.5) is 0 Å². The van der Waals surface area contributed by atoms with Gasteiger partial charge in [-0.15, -0.1) is 0 Å². The third kappa shape index (κ3) is 3.80. The summed E-state index contributed by atoms with van der Waals surface area (Å²) in [5.74, 6) is 1.35. The van der Waals surface area contributed by atoms with Crippen LogP contribution in [0.3, 0.4) is 0 Å². The minimum absolute atomic E-state index is 0.349. The second-order valence-electron chi connectivity index (χ2n) is 7.48. The smallest absolute Gasteiger partial charge is 0.161 e. The van der Waals surface area contributed by atoms with Gasteiger partial charge in [0, 0.05) is 37.6 Å². The molecule has 6 nitrogen and oxygen atoms in total. The van der Waals surface area contributed by atoms with E-state index in [1.54, 1.807) is 14.2 Å². The Labute approximate surface area is 171 Å². The van der Waals surface area contributed by atoms with Crippen LogP contribution >= 0.6 is 0 Å². The van der Waals surface area contributed by atoms with Gasteiger partial charge in [0.15, 0.2) is 11.5 Å². The number of benzene rings is 1. The van der Waals surface area contributed by atoms with Crippen molar-refractivity contribution in [2.45, 2.75) is 19.0 Å². The second kappa shape index (κ2) is 8.17. The Hall–Kier alpha value is -2.99. The molecule has 1 unspecified atom stereocenters. The van der Waals surface area contributed by atoms with E-state index in [1.807, 2.05) is 29.2 Å². The third-order valence-corrected chi connectivity index (χ3v) is 5.56. The van der Waals surface area contributed by atoms with Crippen molar-refractivity contribution in [2.24, 2.45) is 0 Å². The van der Waals surface area contributed by atoms with Gasteiger partial charge in [-0.05, 0) is 54.5 Å². The molecule has 2 atom stereocenters. The lowest BCUT2D eigenvalue weighted by Gasteiger charge is -2.39. The lowest BCUT2D eigenvalue weighted by Crippen LogP contribution is -2.49. The monoisotopic (exact) mass is 393 g/mol. The molecule has 29 heavy (non-hydrogen) atoms. The minimum atomic E-state index is -0.349. The Kier molecular flexibility index (Phi) is 5.45. The summed E-state index contributed by atoms with van der Waals surface area (Å²) in [5, 5.41) is 3.47. The molecule has 0 spiro atoms. The number of hydrogen-bond acceptors (Lipinski definition) is 6. The van der Waals surface area contributed by atoms with E-state index in [0.717, 1.165) is 48.5 Å². The zero-order valence-electron chi connectivity index (χ0n) is 17.1. The first-order valence-electron chi connectivity index (χ1n) is 9.90. The largest absolute Gasteiger partial charge is 0.493 e. The van der Waals surface area contributed by atoms with E-state index in [1.165, 1.54) is 0 Å². The molecule has 0 saturated carbocycles. The van der Waals surface area contributed by atoms with Crippen molar-refractivity contribution in [3.63, 3.8) is 0 Å². The Morgan fingerprint density at radius 3 is 2.66 bits per heavy atom. The molecule has 0 aromatic heterocycles. The van der Waals surface area contributed by atoms with E-state index in [4.69, 9.17) is 9.47 Å². The summed E-state index contributed by atoms with van der Waals surface area (Å²) in [6.07, 6.45) is 11.4. The van der Waals surface area contributed by atoms with Gasteiger partial charge in [-0.3, -0.25) is 0 Å². The molecular formula is C23H27N3O3. The number of methoxy groups -OCH3 is 2. The Morgan fingerprint density at radius 1 is 1.14 bits per heavy atom. The second-order valence-corrected chi connectivity index (χ2v) is 7.48. The lowest BCUT2D eigenvalue weighted by molar-refractivity contribution is -0.110. The number of rotatable bonds is 5. The summed E-state index contributed by atoms with van der Waals surface area (Å²) >= 11 is 0. The molecule has 0 amide bonds. The van der Waals surface area contributed by atoms with Crippen molar-refractivity contribution < 1.29 is 14.3 Å². The summed E-state index contributed by atoms with van der Waals surface area (Å²) in [6.45, 7) is 5.08. The van der Waals surface area contributed by atoms with Crippen molar-refractivity contribution in [3.8, 4) is 11.5 Å². The molecule has 0 aliphatic carbocycles. The maximum absolute atomic E-state index is 11.9. The van der Waals surface area contributed by atoms with Crippen LogP contribution in [0.15, 0.2) is 60.1 Å². The number of carbonyl (C=O) groups excluding carboxylic acids is 1. The van der Waals surface area contributed by atoms with Crippen molar-refractivity contribution in [1.82, 2.24) is 15.1 Å². The Bertz CT molecular complexity index is 916. The molecule has 4 rings (SSSR count). The molecular weight excluding hydrogens is 366 g/mol. The number of aldehydes is 1. The molecule has 3 heterocycles. The fraction of sp³-hybridized carbons (Fsp3) is 0.348. The minimum Gasteiger partial charge on any atom is -0.493 e. The molecule has 1 aromatic carbocycles. The van der Waals surface area contributed by atoms with E-state index >= 15 is 0 Å². The van der Waals surface area contributed by atoms with Crippen LogP contribution < -0.4 is 14.8 Å². The highest BCUT2D eigenvalue weighted by Gasteiger charge is 2.26. The van der Waals surface area contributed by atoms with Gasteiger partial charge in [0.2, 0.25) is 0 Å². The summed E-state index contributed by atoms with van der Waals surface area (Å²) in [4.78, 5) is 16.3. The average molecular weight is 393 g/mol. The summed E-state index contributed by atoms with van der Waals surface area (Å²) in [5.41, 5.74) is 4.12. The van der Waals surface area contributed by atoms with Gasteiger partial charge in [-0.2, -0.15) is 0 Å². The zero-order chi connectivity index (χ0) is 20.4. The van der Waals surface area contributed by atoms with Crippen LogP contribution in [0.5, 0.6) is 11.5 Å². The highest BCUT2D eigenvalue weighted by Crippen LogP contribution is 2.35. The topological polar surface area (TPSA) is 54.0 Å². The molecule has 152 valence electrons. The van der Waals surface area contributed by atoms with Gasteiger partial charge in [-0.25, -0.2) is 0 Å². The van der Waals surface area contributed by atoms with Gasteiger partial charge < -0.3 is 29.4 Å². The molecule has 1 saturated heterocycles. The Morgan fingerprint density at radius 2 is 1.93 bits per heavy atom. The van der Waals surface area contributed by atoms with Crippen molar-refractivity contribution in [2.75, 3.05) is 33.9 Å². The highest BCUT2D eigenvalue weighted by atomic mass is 16.5. The average Bonchev–Trinajstić information content (AvgIpc) is 2.77. The molecule has 0 bridgehead atoms. The third-order valence-electron chi connectivity index (χ3n) is 5.56. The first-order valence-corrected chi connectivity index (χ1v) is 9.90. The maximum atomic E-state index is 11.9.